The Kier molecular flexibility index (Phi) is 5.53. The van der Waals surface area contributed by atoms with E-state index >= 15 is 0 Å². The molecule has 0 amide bonds. The van der Waals surface area contributed by atoms with E-state index in [0.717, 1.165) is 0 Å². The average Bonchev–Trinajstić information content (AvgIpc) is 2.49. The highest BCUT2D eigenvalue weighted by molar-refractivity contribution is 7.52. The number of carboxylic acid groups (broad SMARTS) is 1. The summed E-state index contributed by atoms with van der Waals surface area (Å²) in [5.74, 6) is -1.97. The molecule has 0 bridgehead atoms. The van der Waals surface area contributed by atoms with Crippen LogP contribution in [0.1, 0.15) is 30.4 Å². The summed E-state index contributed by atoms with van der Waals surface area (Å²) in [4.78, 5) is 25.3. The Morgan fingerprint density at radius 3 is 2.57 bits per heavy atom. The highest BCUT2D eigenvalue weighted by Gasteiger charge is 2.28. The zero-order valence-corrected chi connectivity index (χ0v) is 13.5. The molecule has 1 aromatic carbocycles. The first kappa shape index (κ1) is 17.2. The van der Waals surface area contributed by atoms with Crippen molar-refractivity contribution >= 4 is 13.6 Å². The van der Waals surface area contributed by atoms with Crippen molar-refractivity contribution in [1.82, 2.24) is 4.98 Å². The maximum Gasteiger partial charge on any atom is 0.382 e. The van der Waals surface area contributed by atoms with Crippen molar-refractivity contribution in [3.8, 4) is 5.88 Å². The second kappa shape index (κ2) is 7.40. The number of hydrogen-bond donors (Lipinski definition) is 2. The number of nitrogens with zero attached hydrogens (tertiary/aromatic N) is 1. The maximum absolute atomic E-state index is 12.3. The molecule has 0 radical (unpaired) electrons. The zero-order valence-electron chi connectivity index (χ0n) is 12.6. The quantitative estimate of drug-likeness (QED) is 0.753. The molecular formula is C16H18NO5P. The number of hydrogen-bond acceptors (Lipinski definition) is 4. The molecule has 23 heavy (non-hydrogen) atoms. The van der Waals surface area contributed by atoms with Gasteiger partial charge in [0.25, 0.3) is 0 Å². The van der Waals surface area contributed by atoms with Gasteiger partial charge in [-0.15, -0.1) is 0 Å². The second-order valence-corrected chi connectivity index (χ2v) is 6.84. The van der Waals surface area contributed by atoms with Crippen molar-refractivity contribution in [3.05, 3.63) is 59.8 Å². The lowest BCUT2D eigenvalue weighted by Crippen LogP contribution is -2.12. The van der Waals surface area contributed by atoms with Crippen LogP contribution in [0.2, 0.25) is 0 Å². The summed E-state index contributed by atoms with van der Waals surface area (Å²) in [6.07, 6.45) is 1.55. The van der Waals surface area contributed by atoms with E-state index in [0.29, 0.717) is 17.5 Å². The molecular weight excluding hydrogens is 317 g/mol. The molecule has 2 atom stereocenters. The van der Waals surface area contributed by atoms with E-state index in [1.807, 2.05) is 6.07 Å². The van der Waals surface area contributed by atoms with Crippen molar-refractivity contribution in [2.24, 2.45) is 0 Å². The molecule has 122 valence electrons. The van der Waals surface area contributed by atoms with Gasteiger partial charge in [0.05, 0.1) is 12.1 Å². The van der Waals surface area contributed by atoms with Gasteiger partial charge in [-0.05, 0) is 18.1 Å². The van der Waals surface area contributed by atoms with Gasteiger partial charge in [0.1, 0.15) is 0 Å². The van der Waals surface area contributed by atoms with Gasteiger partial charge in [-0.2, -0.15) is 0 Å². The van der Waals surface area contributed by atoms with Gasteiger partial charge in [0.15, 0.2) is 0 Å². The lowest BCUT2D eigenvalue weighted by molar-refractivity contribution is -0.138. The van der Waals surface area contributed by atoms with Crippen LogP contribution < -0.4 is 4.52 Å². The van der Waals surface area contributed by atoms with Gasteiger partial charge in [-0.3, -0.25) is 4.79 Å². The van der Waals surface area contributed by atoms with Crippen molar-refractivity contribution in [2.45, 2.75) is 25.4 Å². The molecule has 0 aliphatic rings. The van der Waals surface area contributed by atoms with Crippen LogP contribution in [0.5, 0.6) is 5.88 Å². The number of carboxylic acids is 1. The summed E-state index contributed by atoms with van der Waals surface area (Å²) in [5, 5.41) is 9.27. The lowest BCUT2D eigenvalue weighted by atomic mass is 9.98. The minimum Gasteiger partial charge on any atom is -0.481 e. The van der Waals surface area contributed by atoms with Crippen molar-refractivity contribution in [1.29, 1.82) is 0 Å². The largest absolute Gasteiger partial charge is 0.481 e. The molecule has 6 nitrogen and oxygen atoms in total. The number of rotatable bonds is 7. The van der Waals surface area contributed by atoms with Gasteiger partial charge in [0.2, 0.25) is 5.88 Å². The normalized spacial score (nSPS) is 14.7. The van der Waals surface area contributed by atoms with Gasteiger partial charge in [0, 0.05) is 11.8 Å². The van der Waals surface area contributed by atoms with Crippen molar-refractivity contribution < 1.29 is 23.9 Å². The summed E-state index contributed by atoms with van der Waals surface area (Å²) in [6, 6.07) is 11.9. The molecule has 0 saturated carbocycles. The Bertz CT molecular complexity index is 719. The second-order valence-electron chi connectivity index (χ2n) is 5.07. The third kappa shape index (κ3) is 4.65. The van der Waals surface area contributed by atoms with E-state index in [4.69, 9.17) is 4.52 Å². The third-order valence-corrected chi connectivity index (χ3v) is 4.56. The van der Waals surface area contributed by atoms with E-state index in [-0.39, 0.29) is 12.0 Å². The van der Waals surface area contributed by atoms with Gasteiger partial charge < -0.3 is 14.5 Å². The fourth-order valence-electron chi connectivity index (χ4n) is 2.25. The topological polar surface area (TPSA) is 96.7 Å². The molecule has 7 heteroatoms. The standard InChI is InChI=1S/C16H18NO5P/c1-2-13(16(18)19)14-9-6-10-17-15(14)22-23(20,21)11-12-7-4-3-5-8-12/h3-10,13H,2,11H2,1H3,(H,18,19)(H,20,21). The minimum absolute atomic E-state index is 0.108. The summed E-state index contributed by atoms with van der Waals surface area (Å²) in [6.45, 7) is 1.72. The van der Waals surface area contributed by atoms with Gasteiger partial charge >= 0.3 is 13.6 Å². The molecule has 0 spiro atoms. The van der Waals surface area contributed by atoms with Crippen LogP contribution in [0.25, 0.3) is 0 Å². The molecule has 2 rings (SSSR count). The molecule has 0 fully saturated rings. The fourth-order valence-corrected chi connectivity index (χ4v) is 3.41. The van der Waals surface area contributed by atoms with Crippen LogP contribution in [-0.4, -0.2) is 21.0 Å². The van der Waals surface area contributed by atoms with Gasteiger partial charge in [-0.25, -0.2) is 9.55 Å². The van der Waals surface area contributed by atoms with Crippen LogP contribution in [0.15, 0.2) is 48.7 Å². The van der Waals surface area contributed by atoms with E-state index in [9.17, 15) is 19.4 Å². The zero-order chi connectivity index (χ0) is 16.9. The summed E-state index contributed by atoms with van der Waals surface area (Å²) in [5.41, 5.74) is 0.950. The molecule has 2 N–H and O–H groups in total. The van der Waals surface area contributed by atoms with Crippen molar-refractivity contribution in [3.63, 3.8) is 0 Å². The Balaban J connectivity index is 2.25. The Labute approximate surface area is 134 Å². The molecule has 2 aromatic rings. The molecule has 1 heterocycles. The number of benzene rings is 1. The Morgan fingerprint density at radius 1 is 1.26 bits per heavy atom. The molecule has 0 saturated heterocycles. The first-order chi connectivity index (χ1) is 10.9. The fraction of sp³-hybridized carbons (Fsp3) is 0.250. The predicted octanol–water partition coefficient (Wildman–Crippen LogP) is 3.42. The summed E-state index contributed by atoms with van der Waals surface area (Å²) >= 11 is 0. The van der Waals surface area contributed by atoms with E-state index in [2.05, 4.69) is 4.98 Å². The van der Waals surface area contributed by atoms with Crippen LogP contribution in [0.4, 0.5) is 0 Å². The first-order valence-corrected chi connectivity index (χ1v) is 8.92. The van der Waals surface area contributed by atoms with Crippen molar-refractivity contribution in [2.75, 3.05) is 0 Å². The highest BCUT2D eigenvalue weighted by Crippen LogP contribution is 2.47. The molecule has 0 aliphatic carbocycles. The third-order valence-electron chi connectivity index (χ3n) is 3.34. The number of aliphatic carboxylic acids is 1. The number of carbonyl (C=O) groups is 1. The smallest absolute Gasteiger partial charge is 0.382 e. The maximum atomic E-state index is 12.3. The first-order valence-electron chi connectivity index (χ1n) is 7.16. The number of pyridine rings is 1. The molecule has 0 aliphatic heterocycles. The monoisotopic (exact) mass is 335 g/mol. The van der Waals surface area contributed by atoms with E-state index < -0.39 is 19.5 Å². The van der Waals surface area contributed by atoms with Crippen LogP contribution in [0.3, 0.4) is 0 Å². The summed E-state index contributed by atoms with van der Waals surface area (Å²) < 4.78 is 17.5. The highest BCUT2D eigenvalue weighted by atomic mass is 31.2. The summed E-state index contributed by atoms with van der Waals surface area (Å²) in [7, 11) is -4.00. The Morgan fingerprint density at radius 2 is 1.96 bits per heavy atom. The SMILES string of the molecule is CCC(C(=O)O)c1cccnc1OP(=O)(O)Cc1ccccc1. The Hall–Kier alpha value is -2.17. The lowest BCUT2D eigenvalue weighted by Gasteiger charge is -2.17. The van der Waals surface area contributed by atoms with E-state index in [1.165, 1.54) is 6.20 Å². The van der Waals surface area contributed by atoms with Crippen LogP contribution in [-0.2, 0) is 15.5 Å². The molecule has 2 unspecified atom stereocenters. The predicted molar refractivity (Wildman–Crippen MR) is 85.5 cm³/mol. The van der Waals surface area contributed by atoms with Gasteiger partial charge in [-0.1, -0.05) is 43.3 Å². The molecule has 1 aromatic heterocycles. The van der Waals surface area contributed by atoms with Crippen LogP contribution >= 0.6 is 7.60 Å². The average molecular weight is 335 g/mol. The number of aromatic nitrogens is 1. The minimum atomic E-state index is -4.00. The van der Waals surface area contributed by atoms with Crippen LogP contribution in [0, 0.1) is 0 Å². The van der Waals surface area contributed by atoms with E-state index in [1.54, 1.807) is 43.3 Å².